The molecule has 2 N–H and O–H groups in total. The fraction of sp³-hybridized carbons (Fsp3) is 0.216. The molecule has 5 aromatic carbocycles. The van der Waals surface area contributed by atoms with Crippen LogP contribution in [0.1, 0.15) is 58.8 Å². The lowest BCUT2D eigenvalue weighted by Gasteiger charge is -2.25. The quantitative estimate of drug-likeness (QED) is 0.0890. The lowest BCUT2D eigenvalue weighted by Crippen LogP contribution is -2.40. The SMILES string of the molecule is O=C1NC(=NC(c2ccccc2)c2ccccc2)C(COc2ccc(C(N=C3NC(=O)N(CCCn4ccnc4)C3c3cc(F)cc(F)c3)c3ccccc3)cc2)N1CCCn1ccnc1. The summed E-state index contributed by atoms with van der Waals surface area (Å²) in [6, 6.07) is 37.4. The van der Waals surface area contributed by atoms with Crippen LogP contribution in [0, 0.1) is 11.6 Å². The molecule has 334 valence electrons. The molecule has 2 saturated heterocycles. The Morgan fingerprint density at radius 2 is 1.05 bits per heavy atom. The molecule has 2 fully saturated rings. The molecule has 0 aliphatic carbocycles. The van der Waals surface area contributed by atoms with E-state index in [0.29, 0.717) is 50.6 Å². The second-order valence-electron chi connectivity index (χ2n) is 16.1. The highest BCUT2D eigenvalue weighted by atomic mass is 19.1. The van der Waals surface area contributed by atoms with Gasteiger partial charge in [-0.3, -0.25) is 20.6 Å². The van der Waals surface area contributed by atoms with Gasteiger partial charge >= 0.3 is 12.1 Å². The predicted octanol–water partition coefficient (Wildman–Crippen LogP) is 8.75. The number of nitrogens with zero attached hydrogens (tertiary/aromatic N) is 8. The lowest BCUT2D eigenvalue weighted by molar-refractivity contribution is 0.181. The molecule has 2 aromatic heterocycles. The van der Waals surface area contributed by atoms with Gasteiger partial charge in [-0.2, -0.15) is 0 Å². The summed E-state index contributed by atoms with van der Waals surface area (Å²) >= 11 is 0. The van der Waals surface area contributed by atoms with Gasteiger partial charge < -0.3 is 23.7 Å². The van der Waals surface area contributed by atoms with E-state index in [-0.39, 0.29) is 30.1 Å². The molecule has 9 rings (SSSR count). The van der Waals surface area contributed by atoms with Crippen LogP contribution in [0.3, 0.4) is 0 Å². The van der Waals surface area contributed by atoms with E-state index in [1.54, 1.807) is 34.8 Å². The molecule has 4 amide bonds. The van der Waals surface area contributed by atoms with Crippen molar-refractivity contribution in [2.45, 2.75) is 50.1 Å². The normalized spacial score (nSPS) is 17.7. The fourth-order valence-corrected chi connectivity index (χ4v) is 8.49. The maximum absolute atomic E-state index is 14.8. The number of aromatic nitrogens is 4. The molecule has 3 unspecified atom stereocenters. The zero-order valence-electron chi connectivity index (χ0n) is 36.0. The van der Waals surface area contributed by atoms with E-state index in [1.165, 1.54) is 12.1 Å². The Hall–Kier alpha value is -7.94. The second-order valence-corrected chi connectivity index (χ2v) is 16.1. The number of nitrogens with one attached hydrogen (secondary N) is 2. The Balaban J connectivity index is 0.993. The molecule has 0 radical (unpaired) electrons. The van der Waals surface area contributed by atoms with Crippen molar-refractivity contribution in [2.24, 2.45) is 9.98 Å². The van der Waals surface area contributed by atoms with E-state index in [2.05, 4.69) is 20.6 Å². The van der Waals surface area contributed by atoms with Gasteiger partial charge in [0.1, 0.15) is 59.8 Å². The zero-order valence-corrected chi connectivity index (χ0v) is 36.0. The Bertz CT molecular complexity index is 2700. The van der Waals surface area contributed by atoms with Crippen LogP contribution in [-0.4, -0.2) is 78.4 Å². The summed E-state index contributed by atoms with van der Waals surface area (Å²) in [7, 11) is 0. The number of carbonyl (C=O) groups is 2. The Morgan fingerprint density at radius 3 is 1.56 bits per heavy atom. The highest BCUT2D eigenvalue weighted by molar-refractivity contribution is 6.08. The van der Waals surface area contributed by atoms with Gasteiger partial charge in [-0.05, 0) is 64.9 Å². The second kappa shape index (κ2) is 20.3. The van der Waals surface area contributed by atoms with Crippen molar-refractivity contribution in [3.05, 3.63) is 210 Å². The van der Waals surface area contributed by atoms with E-state index in [4.69, 9.17) is 14.7 Å². The number of halogens is 2. The van der Waals surface area contributed by atoms with E-state index in [1.807, 2.05) is 137 Å². The molecule has 2 aliphatic heterocycles. The maximum atomic E-state index is 14.8. The van der Waals surface area contributed by atoms with Crippen LogP contribution in [-0.2, 0) is 13.1 Å². The summed E-state index contributed by atoms with van der Waals surface area (Å²) < 4.78 is 39.9. The van der Waals surface area contributed by atoms with Crippen molar-refractivity contribution < 1.29 is 23.1 Å². The number of aliphatic imine (C=N–C) groups is 2. The largest absolute Gasteiger partial charge is 0.491 e. The molecule has 0 spiro atoms. The number of rotatable bonds is 18. The van der Waals surface area contributed by atoms with Gasteiger partial charge in [0, 0.05) is 57.0 Å². The molecule has 4 heterocycles. The average molecular weight is 887 g/mol. The number of carbonyl (C=O) groups excluding carboxylic acids is 2. The first-order valence-electron chi connectivity index (χ1n) is 21.9. The zero-order chi connectivity index (χ0) is 45.2. The molecular formula is C51H48F2N10O3. The summed E-state index contributed by atoms with van der Waals surface area (Å²) in [6.45, 7) is 2.15. The summed E-state index contributed by atoms with van der Waals surface area (Å²) in [5.74, 6) is -0.163. The van der Waals surface area contributed by atoms with E-state index >= 15 is 0 Å². The highest BCUT2D eigenvalue weighted by Crippen LogP contribution is 2.34. The summed E-state index contributed by atoms with van der Waals surface area (Å²) in [6.07, 6.45) is 11.9. The fourth-order valence-electron chi connectivity index (χ4n) is 8.49. The summed E-state index contributed by atoms with van der Waals surface area (Å²) in [5, 5.41) is 6.00. The van der Waals surface area contributed by atoms with E-state index in [0.717, 1.165) is 28.3 Å². The van der Waals surface area contributed by atoms with Crippen LogP contribution >= 0.6 is 0 Å². The molecule has 66 heavy (non-hydrogen) atoms. The number of aryl methyl sites for hydroxylation is 2. The number of amides is 4. The maximum Gasteiger partial charge on any atom is 0.323 e. The van der Waals surface area contributed by atoms with Crippen molar-refractivity contribution >= 4 is 23.7 Å². The molecule has 0 bridgehead atoms. The van der Waals surface area contributed by atoms with Gasteiger partial charge in [0.05, 0.1) is 12.7 Å². The molecule has 0 saturated carbocycles. The first-order chi connectivity index (χ1) is 32.4. The summed E-state index contributed by atoms with van der Waals surface area (Å²) in [4.78, 5) is 49.3. The molecular weight excluding hydrogens is 839 g/mol. The van der Waals surface area contributed by atoms with Gasteiger partial charge in [0.25, 0.3) is 0 Å². The van der Waals surface area contributed by atoms with Gasteiger partial charge in [0.15, 0.2) is 0 Å². The summed E-state index contributed by atoms with van der Waals surface area (Å²) in [5.41, 5.74) is 3.86. The standard InChI is InChI=1S/C51H48F2N10O3/c52-41-30-40(31-42(53)32-41)47-49(59-51(65)63(47)27-11-25-61-29-23-55-35-61)57-46(38-16-8-3-9-17-38)39-18-20-43(21-19-39)66-33-44-48(58-50(64)62(44)26-10-24-60-28-22-54-34-60)56-45(36-12-4-1-5-13-36)37-14-6-2-7-15-37/h1-9,12-23,28-32,34-35,44-47H,10-11,24-27,33H2,(H,56,58,64)(H,57,59,65). The number of hydrogen-bond acceptors (Lipinski definition) is 7. The van der Waals surface area contributed by atoms with Crippen LogP contribution < -0.4 is 15.4 Å². The first kappa shape index (κ1) is 43.3. The van der Waals surface area contributed by atoms with Gasteiger partial charge in [-0.15, -0.1) is 0 Å². The highest BCUT2D eigenvalue weighted by Gasteiger charge is 2.40. The minimum atomic E-state index is -0.871. The van der Waals surface area contributed by atoms with Crippen molar-refractivity contribution in [2.75, 3.05) is 19.7 Å². The van der Waals surface area contributed by atoms with Crippen molar-refractivity contribution in [3.8, 4) is 5.75 Å². The minimum Gasteiger partial charge on any atom is -0.491 e. The van der Waals surface area contributed by atoms with Crippen LogP contribution in [0.5, 0.6) is 5.75 Å². The van der Waals surface area contributed by atoms with Crippen molar-refractivity contribution in [3.63, 3.8) is 0 Å². The Labute approximate surface area is 381 Å². The van der Waals surface area contributed by atoms with Crippen LogP contribution in [0.2, 0.25) is 0 Å². The van der Waals surface area contributed by atoms with Crippen LogP contribution in [0.25, 0.3) is 0 Å². The molecule has 13 nitrogen and oxygen atoms in total. The predicted molar refractivity (Wildman–Crippen MR) is 247 cm³/mol. The number of urea groups is 2. The molecule has 3 atom stereocenters. The topological polar surface area (TPSA) is 134 Å². The van der Waals surface area contributed by atoms with Crippen LogP contribution in [0.15, 0.2) is 181 Å². The van der Waals surface area contributed by atoms with Crippen molar-refractivity contribution in [1.29, 1.82) is 0 Å². The third-order valence-electron chi connectivity index (χ3n) is 11.7. The molecule has 7 aromatic rings. The first-order valence-corrected chi connectivity index (χ1v) is 21.9. The minimum absolute atomic E-state index is 0.122. The van der Waals surface area contributed by atoms with Gasteiger partial charge in [0.2, 0.25) is 0 Å². The van der Waals surface area contributed by atoms with Crippen LogP contribution in [0.4, 0.5) is 18.4 Å². The van der Waals surface area contributed by atoms with E-state index < -0.39 is 35.8 Å². The average Bonchev–Trinajstić information content (AvgIpc) is 4.17. The number of hydrogen-bond donors (Lipinski definition) is 2. The lowest BCUT2D eigenvalue weighted by atomic mass is 9.98. The number of benzene rings is 5. The smallest absolute Gasteiger partial charge is 0.323 e. The number of imidazole rings is 2. The third-order valence-corrected chi connectivity index (χ3v) is 11.7. The van der Waals surface area contributed by atoms with Gasteiger partial charge in [-0.25, -0.2) is 28.3 Å². The Morgan fingerprint density at radius 1 is 0.576 bits per heavy atom. The third kappa shape index (κ3) is 10.2. The number of amidine groups is 2. The molecule has 2 aliphatic rings. The van der Waals surface area contributed by atoms with E-state index in [9.17, 15) is 18.4 Å². The van der Waals surface area contributed by atoms with Gasteiger partial charge in [-0.1, -0.05) is 103 Å². The molecule has 15 heteroatoms. The van der Waals surface area contributed by atoms with Crippen molar-refractivity contribution in [1.82, 2.24) is 39.5 Å². The Kier molecular flexibility index (Phi) is 13.3. The monoisotopic (exact) mass is 886 g/mol. The number of ether oxygens (including phenoxy) is 1.